The lowest BCUT2D eigenvalue weighted by atomic mass is 10.0. The lowest BCUT2D eigenvalue weighted by Crippen LogP contribution is -2.37. The molecule has 0 atom stereocenters. The number of halogens is 1. The molecule has 5 nitrogen and oxygen atoms in total. The Morgan fingerprint density at radius 1 is 1.00 bits per heavy atom. The van der Waals surface area contributed by atoms with Gasteiger partial charge in [-0.25, -0.2) is 0 Å². The topological polar surface area (TPSA) is 59.2 Å². The van der Waals surface area contributed by atoms with Gasteiger partial charge in [0.2, 0.25) is 17.7 Å². The molecule has 1 heterocycles. The number of hydrogen-bond acceptors (Lipinski definition) is 4. The van der Waals surface area contributed by atoms with Gasteiger partial charge in [0.1, 0.15) is 0 Å². The molecule has 0 unspecified atom stereocenters. The second-order valence-corrected chi connectivity index (χ2v) is 7.86. The Hall–Kier alpha value is -3.18. The van der Waals surface area contributed by atoms with Crippen LogP contribution in [0.15, 0.2) is 71.1 Å². The van der Waals surface area contributed by atoms with Crippen LogP contribution < -0.4 is 0 Å². The van der Waals surface area contributed by atoms with Crippen LogP contribution in [-0.2, 0) is 17.8 Å². The van der Waals surface area contributed by atoms with Crippen LogP contribution in [-0.4, -0.2) is 27.0 Å². The van der Waals surface area contributed by atoms with Gasteiger partial charge in [0, 0.05) is 6.04 Å². The quantitative estimate of drug-likeness (QED) is 0.412. The lowest BCUT2D eigenvalue weighted by Gasteiger charge is -2.25. The summed E-state index contributed by atoms with van der Waals surface area (Å²) >= 11 is 6.21. The fourth-order valence-corrected chi connectivity index (χ4v) is 3.61. The molecule has 1 aromatic heterocycles. The first-order valence-electron chi connectivity index (χ1n) is 9.85. The highest BCUT2D eigenvalue weighted by Gasteiger charge is 2.21. The number of hydrogen-bond donors (Lipinski definition) is 0. The zero-order valence-electron chi connectivity index (χ0n) is 16.9. The van der Waals surface area contributed by atoms with Gasteiger partial charge in [-0.05, 0) is 42.3 Å². The van der Waals surface area contributed by atoms with E-state index < -0.39 is 0 Å². The summed E-state index contributed by atoms with van der Waals surface area (Å²) in [6.07, 6.45) is 0.314. The van der Waals surface area contributed by atoms with Crippen LogP contribution in [0.4, 0.5) is 0 Å². The van der Waals surface area contributed by atoms with Crippen LogP contribution in [0.25, 0.3) is 22.2 Å². The highest BCUT2D eigenvalue weighted by molar-refractivity contribution is 6.33. The minimum atomic E-state index is -0.00591. The Labute approximate surface area is 180 Å². The number of carbonyl (C=O) groups is 1. The highest BCUT2D eigenvalue weighted by atomic mass is 35.5. The summed E-state index contributed by atoms with van der Waals surface area (Å²) in [4.78, 5) is 14.8. The van der Waals surface area contributed by atoms with Crippen molar-refractivity contribution >= 4 is 28.3 Å². The summed E-state index contributed by atoms with van der Waals surface area (Å²) in [5, 5.41) is 11.0. The maximum Gasteiger partial charge on any atom is 0.249 e. The van der Waals surface area contributed by atoms with Gasteiger partial charge in [-0.15, -0.1) is 10.2 Å². The van der Waals surface area contributed by atoms with E-state index in [4.69, 9.17) is 16.0 Å². The zero-order chi connectivity index (χ0) is 21.1. The number of amides is 1. The van der Waals surface area contributed by atoms with E-state index in [0.717, 1.165) is 16.3 Å². The van der Waals surface area contributed by atoms with E-state index in [1.807, 2.05) is 56.3 Å². The molecule has 0 saturated carbocycles. The number of aromatic nitrogens is 2. The van der Waals surface area contributed by atoms with Crippen molar-refractivity contribution in [3.8, 4) is 11.5 Å². The molecule has 4 aromatic rings. The molecule has 30 heavy (non-hydrogen) atoms. The maximum absolute atomic E-state index is 13.0. The van der Waals surface area contributed by atoms with E-state index in [-0.39, 0.29) is 18.5 Å². The number of nitrogens with zero attached hydrogens (tertiary/aromatic N) is 3. The third kappa shape index (κ3) is 4.36. The van der Waals surface area contributed by atoms with Gasteiger partial charge in [0.05, 0.1) is 23.6 Å². The lowest BCUT2D eigenvalue weighted by molar-refractivity contribution is -0.133. The fraction of sp³-hybridized carbons (Fsp3) is 0.208. The van der Waals surface area contributed by atoms with Crippen LogP contribution in [0, 0.1) is 0 Å². The number of benzene rings is 3. The average Bonchev–Trinajstić information content (AvgIpc) is 3.20. The highest BCUT2D eigenvalue weighted by Crippen LogP contribution is 2.26. The smallest absolute Gasteiger partial charge is 0.249 e. The standard InChI is InChI=1S/C24H22ClN3O2/c1-16(2)28(15-22-26-27-24(30-22)20-9-5-6-10-21(20)25)23(29)14-17-11-12-18-7-3-4-8-19(18)13-17/h3-13,16H,14-15H2,1-2H3. The van der Waals surface area contributed by atoms with Crippen LogP contribution in [0.5, 0.6) is 0 Å². The van der Waals surface area contributed by atoms with Crippen LogP contribution in [0.2, 0.25) is 5.02 Å². The molecule has 0 N–H and O–H groups in total. The summed E-state index contributed by atoms with van der Waals surface area (Å²) in [5.74, 6) is 0.740. The van der Waals surface area contributed by atoms with Crippen molar-refractivity contribution in [1.82, 2.24) is 15.1 Å². The Morgan fingerprint density at radius 2 is 1.73 bits per heavy atom. The molecular formula is C24H22ClN3O2. The molecule has 152 valence electrons. The minimum absolute atomic E-state index is 0.00591. The molecule has 0 aliphatic rings. The molecule has 0 fully saturated rings. The molecule has 6 heteroatoms. The minimum Gasteiger partial charge on any atom is -0.419 e. The van der Waals surface area contributed by atoms with Gasteiger partial charge >= 0.3 is 0 Å². The van der Waals surface area contributed by atoms with Crippen molar-refractivity contribution < 1.29 is 9.21 Å². The molecule has 4 rings (SSSR count). The Balaban J connectivity index is 1.51. The Morgan fingerprint density at radius 3 is 2.50 bits per heavy atom. The molecule has 1 amide bonds. The normalized spacial score (nSPS) is 11.2. The molecule has 0 saturated heterocycles. The SMILES string of the molecule is CC(C)N(Cc1nnc(-c2ccccc2Cl)o1)C(=O)Cc1ccc2ccccc2c1. The van der Waals surface area contributed by atoms with Gasteiger partial charge in [-0.1, -0.05) is 66.2 Å². The summed E-state index contributed by atoms with van der Waals surface area (Å²) in [7, 11) is 0. The monoisotopic (exact) mass is 419 g/mol. The van der Waals surface area contributed by atoms with E-state index in [9.17, 15) is 4.79 Å². The van der Waals surface area contributed by atoms with E-state index in [1.165, 1.54) is 0 Å². The molecular weight excluding hydrogens is 398 g/mol. The molecule has 0 aliphatic carbocycles. The van der Waals surface area contributed by atoms with E-state index in [2.05, 4.69) is 28.4 Å². The first kappa shape index (κ1) is 20.1. The van der Waals surface area contributed by atoms with Gasteiger partial charge < -0.3 is 9.32 Å². The second kappa shape index (κ2) is 8.67. The third-order valence-electron chi connectivity index (χ3n) is 4.99. The van der Waals surface area contributed by atoms with Gasteiger partial charge in [-0.3, -0.25) is 4.79 Å². The number of carbonyl (C=O) groups excluding carboxylic acids is 1. The van der Waals surface area contributed by atoms with Crippen molar-refractivity contribution in [2.24, 2.45) is 0 Å². The second-order valence-electron chi connectivity index (χ2n) is 7.45. The van der Waals surface area contributed by atoms with Gasteiger partial charge in [-0.2, -0.15) is 0 Å². The molecule has 0 radical (unpaired) electrons. The summed E-state index contributed by atoms with van der Waals surface area (Å²) in [6, 6.07) is 21.5. The number of fused-ring (bicyclic) bond motifs is 1. The molecule has 3 aromatic carbocycles. The predicted octanol–water partition coefficient (Wildman–Crippen LogP) is 5.52. The van der Waals surface area contributed by atoms with E-state index in [1.54, 1.807) is 11.0 Å². The van der Waals surface area contributed by atoms with Gasteiger partial charge in [0.25, 0.3) is 0 Å². The molecule has 0 aliphatic heterocycles. The molecule has 0 spiro atoms. The predicted molar refractivity (Wildman–Crippen MR) is 118 cm³/mol. The average molecular weight is 420 g/mol. The summed E-state index contributed by atoms with van der Waals surface area (Å²) < 4.78 is 5.79. The first-order chi connectivity index (χ1) is 14.5. The first-order valence-corrected chi connectivity index (χ1v) is 10.2. The van der Waals surface area contributed by atoms with Crippen molar-refractivity contribution in [3.63, 3.8) is 0 Å². The largest absolute Gasteiger partial charge is 0.419 e. The Kier molecular flexibility index (Phi) is 5.81. The molecule has 0 bridgehead atoms. The third-order valence-corrected chi connectivity index (χ3v) is 5.32. The van der Waals surface area contributed by atoms with Crippen molar-refractivity contribution in [1.29, 1.82) is 0 Å². The van der Waals surface area contributed by atoms with E-state index in [0.29, 0.717) is 28.8 Å². The number of rotatable bonds is 6. The Bertz CT molecular complexity index is 1190. The van der Waals surface area contributed by atoms with Crippen molar-refractivity contribution in [2.45, 2.75) is 32.9 Å². The zero-order valence-corrected chi connectivity index (χ0v) is 17.6. The van der Waals surface area contributed by atoms with Crippen LogP contribution in [0.3, 0.4) is 0 Å². The maximum atomic E-state index is 13.0. The summed E-state index contributed by atoms with van der Waals surface area (Å²) in [6.45, 7) is 4.20. The van der Waals surface area contributed by atoms with E-state index >= 15 is 0 Å². The van der Waals surface area contributed by atoms with Crippen LogP contribution >= 0.6 is 11.6 Å². The summed E-state index contributed by atoms with van der Waals surface area (Å²) in [5.41, 5.74) is 1.66. The fourth-order valence-electron chi connectivity index (χ4n) is 3.39. The van der Waals surface area contributed by atoms with Gasteiger partial charge in [0.15, 0.2) is 0 Å². The van der Waals surface area contributed by atoms with Crippen molar-refractivity contribution in [2.75, 3.05) is 0 Å². The van der Waals surface area contributed by atoms with Crippen LogP contribution in [0.1, 0.15) is 25.3 Å². The van der Waals surface area contributed by atoms with Crippen molar-refractivity contribution in [3.05, 3.63) is 83.2 Å².